The molecule has 0 bridgehead atoms. The standard InChI is InChI=1S/C14H16BrNO4S/c1-4-20-14(9-13(15)11(3)17)16-21(18,19)12-7-5-10(2)6-8-12/h5-9H,4H2,1-3H3/b13-9+,16-14-. The topological polar surface area (TPSA) is 72.8 Å². The van der Waals surface area contributed by atoms with E-state index in [9.17, 15) is 13.2 Å². The fourth-order valence-electron chi connectivity index (χ4n) is 1.33. The third-order valence-electron chi connectivity index (χ3n) is 2.41. The Labute approximate surface area is 132 Å². The van der Waals surface area contributed by atoms with Gasteiger partial charge in [-0.15, -0.1) is 4.40 Å². The van der Waals surface area contributed by atoms with Gasteiger partial charge in [0, 0.05) is 6.08 Å². The number of aryl methyl sites for hydroxylation is 1. The van der Waals surface area contributed by atoms with Crippen LogP contribution in [0.1, 0.15) is 19.4 Å². The molecule has 0 aliphatic carbocycles. The average molecular weight is 374 g/mol. The van der Waals surface area contributed by atoms with Crippen LogP contribution in [0.15, 0.2) is 44.1 Å². The molecule has 0 heterocycles. The maximum absolute atomic E-state index is 12.2. The van der Waals surface area contributed by atoms with Crippen LogP contribution >= 0.6 is 15.9 Å². The van der Waals surface area contributed by atoms with Gasteiger partial charge in [-0.2, -0.15) is 8.42 Å². The van der Waals surface area contributed by atoms with Crippen molar-refractivity contribution in [2.75, 3.05) is 6.61 Å². The number of sulfonamides is 1. The molecule has 7 heteroatoms. The summed E-state index contributed by atoms with van der Waals surface area (Å²) in [6.07, 6.45) is 1.25. The summed E-state index contributed by atoms with van der Waals surface area (Å²) in [6, 6.07) is 6.32. The minimum Gasteiger partial charge on any atom is -0.477 e. The molecule has 0 unspecified atom stereocenters. The number of Topliss-reactive ketones (excluding diaryl/α,β-unsaturated/α-hetero) is 1. The van der Waals surface area contributed by atoms with Gasteiger partial charge in [-0.05, 0) is 48.8 Å². The number of carbonyl (C=O) groups is 1. The summed E-state index contributed by atoms with van der Waals surface area (Å²) >= 11 is 3.04. The molecular weight excluding hydrogens is 358 g/mol. The van der Waals surface area contributed by atoms with Gasteiger partial charge in [0.15, 0.2) is 5.78 Å². The molecule has 1 rings (SSSR count). The molecule has 0 saturated carbocycles. The number of ether oxygens (including phenoxy) is 1. The molecule has 5 nitrogen and oxygen atoms in total. The lowest BCUT2D eigenvalue weighted by molar-refractivity contribution is -0.112. The Kier molecular flexibility index (Phi) is 6.29. The highest BCUT2D eigenvalue weighted by atomic mass is 79.9. The van der Waals surface area contributed by atoms with Gasteiger partial charge in [0.1, 0.15) is 0 Å². The number of ketones is 1. The third-order valence-corrected chi connectivity index (χ3v) is 4.48. The van der Waals surface area contributed by atoms with Crippen molar-refractivity contribution in [3.05, 3.63) is 40.4 Å². The fourth-order valence-corrected chi connectivity index (χ4v) is 2.46. The highest BCUT2D eigenvalue weighted by Crippen LogP contribution is 2.15. The van der Waals surface area contributed by atoms with Crippen molar-refractivity contribution in [1.29, 1.82) is 0 Å². The number of benzene rings is 1. The molecule has 0 aliphatic rings. The largest absolute Gasteiger partial charge is 0.477 e. The van der Waals surface area contributed by atoms with Crippen molar-refractivity contribution in [3.8, 4) is 0 Å². The summed E-state index contributed by atoms with van der Waals surface area (Å²) in [4.78, 5) is 11.2. The van der Waals surface area contributed by atoms with Crippen molar-refractivity contribution in [1.82, 2.24) is 0 Å². The summed E-state index contributed by atoms with van der Waals surface area (Å²) in [6.45, 7) is 5.14. The third kappa shape index (κ3) is 5.43. The molecule has 0 saturated heterocycles. The van der Waals surface area contributed by atoms with E-state index in [1.54, 1.807) is 19.1 Å². The van der Waals surface area contributed by atoms with Crippen LogP contribution in [0.3, 0.4) is 0 Å². The zero-order valence-corrected chi connectivity index (χ0v) is 14.4. The van der Waals surface area contributed by atoms with E-state index >= 15 is 0 Å². The first-order valence-corrected chi connectivity index (χ1v) is 8.42. The first-order chi connectivity index (χ1) is 9.76. The van der Waals surface area contributed by atoms with Gasteiger partial charge in [0.25, 0.3) is 10.0 Å². The van der Waals surface area contributed by atoms with E-state index in [2.05, 4.69) is 20.3 Å². The highest BCUT2D eigenvalue weighted by molar-refractivity contribution is 9.12. The molecule has 0 spiro atoms. The highest BCUT2D eigenvalue weighted by Gasteiger charge is 2.15. The molecule has 0 amide bonds. The van der Waals surface area contributed by atoms with Gasteiger partial charge in [-0.1, -0.05) is 17.7 Å². The number of hydrogen-bond acceptors (Lipinski definition) is 4. The minimum absolute atomic E-state index is 0.0673. The number of halogens is 1. The molecule has 0 fully saturated rings. The van der Waals surface area contributed by atoms with Gasteiger partial charge < -0.3 is 4.74 Å². The van der Waals surface area contributed by atoms with Crippen molar-refractivity contribution < 1.29 is 17.9 Å². The Hall–Kier alpha value is -1.47. The number of carbonyl (C=O) groups excluding carboxylic acids is 1. The van der Waals surface area contributed by atoms with Gasteiger partial charge in [-0.25, -0.2) is 0 Å². The Morgan fingerprint density at radius 1 is 1.33 bits per heavy atom. The van der Waals surface area contributed by atoms with Crippen LogP contribution in [-0.4, -0.2) is 26.7 Å². The quantitative estimate of drug-likeness (QED) is 0.451. The molecule has 0 atom stereocenters. The molecule has 0 aliphatic heterocycles. The van der Waals surface area contributed by atoms with E-state index in [1.807, 2.05) is 6.92 Å². The van der Waals surface area contributed by atoms with Crippen molar-refractivity contribution in [2.45, 2.75) is 25.7 Å². The number of hydrogen-bond donors (Lipinski definition) is 0. The summed E-state index contributed by atoms with van der Waals surface area (Å²) < 4.78 is 33.3. The first kappa shape index (κ1) is 17.6. The lowest BCUT2D eigenvalue weighted by Crippen LogP contribution is -2.08. The molecule has 1 aromatic carbocycles. The minimum atomic E-state index is -3.88. The zero-order chi connectivity index (χ0) is 16.0. The lowest BCUT2D eigenvalue weighted by Gasteiger charge is -2.05. The van der Waals surface area contributed by atoms with Crippen LogP contribution in [-0.2, 0) is 19.6 Å². The molecule has 0 N–H and O–H groups in total. The monoisotopic (exact) mass is 373 g/mol. The van der Waals surface area contributed by atoms with E-state index in [4.69, 9.17) is 4.74 Å². The van der Waals surface area contributed by atoms with Crippen LogP contribution in [0.25, 0.3) is 0 Å². The van der Waals surface area contributed by atoms with E-state index in [-0.39, 0.29) is 27.7 Å². The Morgan fingerprint density at radius 3 is 2.38 bits per heavy atom. The molecule has 21 heavy (non-hydrogen) atoms. The predicted octanol–water partition coefficient (Wildman–Crippen LogP) is 2.99. The lowest BCUT2D eigenvalue weighted by atomic mass is 10.2. The number of allylic oxidation sites excluding steroid dienone is 1. The summed E-state index contributed by atoms with van der Waals surface area (Å²) in [5, 5.41) is 0. The van der Waals surface area contributed by atoms with E-state index in [0.717, 1.165) is 5.56 Å². The second-order valence-electron chi connectivity index (χ2n) is 4.20. The van der Waals surface area contributed by atoms with Crippen LogP contribution in [0.5, 0.6) is 0 Å². The molecule has 1 aromatic rings. The van der Waals surface area contributed by atoms with E-state index < -0.39 is 10.0 Å². The van der Waals surface area contributed by atoms with Crippen molar-refractivity contribution >= 4 is 37.6 Å². The summed E-state index contributed by atoms with van der Waals surface area (Å²) in [5.41, 5.74) is 0.946. The Bertz CT molecular complexity index is 675. The SMILES string of the molecule is CCOC(/C=C(/Br)C(C)=O)=N\S(=O)(=O)c1ccc(C)cc1. The Balaban J connectivity index is 3.23. The normalized spacial score (nSPS) is 13.1. The zero-order valence-electron chi connectivity index (χ0n) is 12.0. The van der Waals surface area contributed by atoms with Crippen LogP contribution < -0.4 is 0 Å². The Morgan fingerprint density at radius 2 is 1.90 bits per heavy atom. The number of rotatable bonds is 5. The second kappa shape index (κ2) is 7.51. The predicted molar refractivity (Wildman–Crippen MR) is 85.1 cm³/mol. The van der Waals surface area contributed by atoms with Crippen LogP contribution in [0, 0.1) is 6.92 Å². The van der Waals surface area contributed by atoms with Gasteiger partial charge in [0.2, 0.25) is 5.90 Å². The number of nitrogens with zero attached hydrogens (tertiary/aromatic N) is 1. The molecule has 114 valence electrons. The first-order valence-electron chi connectivity index (χ1n) is 6.19. The smallest absolute Gasteiger partial charge is 0.285 e. The van der Waals surface area contributed by atoms with Crippen molar-refractivity contribution in [2.24, 2.45) is 4.40 Å². The second-order valence-corrected chi connectivity index (χ2v) is 6.66. The van der Waals surface area contributed by atoms with E-state index in [0.29, 0.717) is 0 Å². The van der Waals surface area contributed by atoms with Crippen molar-refractivity contribution in [3.63, 3.8) is 0 Å². The van der Waals surface area contributed by atoms with Crippen LogP contribution in [0.2, 0.25) is 0 Å². The molecular formula is C14H16BrNO4S. The van der Waals surface area contributed by atoms with Gasteiger partial charge in [-0.3, -0.25) is 4.79 Å². The van der Waals surface area contributed by atoms with Gasteiger partial charge >= 0.3 is 0 Å². The summed E-state index contributed by atoms with van der Waals surface area (Å²) in [5.74, 6) is -0.393. The molecule has 0 radical (unpaired) electrons. The van der Waals surface area contributed by atoms with Crippen LogP contribution in [0.4, 0.5) is 0 Å². The summed E-state index contributed by atoms with van der Waals surface area (Å²) in [7, 11) is -3.88. The maximum atomic E-state index is 12.2. The fraction of sp³-hybridized carbons (Fsp3) is 0.286. The van der Waals surface area contributed by atoms with Gasteiger partial charge in [0.05, 0.1) is 16.0 Å². The van der Waals surface area contributed by atoms with E-state index in [1.165, 1.54) is 25.1 Å². The maximum Gasteiger partial charge on any atom is 0.285 e. The molecule has 0 aromatic heterocycles. The average Bonchev–Trinajstić information content (AvgIpc) is 2.38.